The smallest absolute Gasteiger partial charge is 0.356 e. The van der Waals surface area contributed by atoms with Crippen LogP contribution in [-0.2, 0) is 6.42 Å². The van der Waals surface area contributed by atoms with E-state index in [-0.39, 0.29) is 28.3 Å². The molecule has 1 aliphatic rings. The van der Waals surface area contributed by atoms with Crippen molar-refractivity contribution in [2.24, 2.45) is 0 Å². The van der Waals surface area contributed by atoms with Crippen LogP contribution in [-0.4, -0.2) is 99.5 Å². The van der Waals surface area contributed by atoms with Gasteiger partial charge in [0, 0.05) is 82.5 Å². The summed E-state index contributed by atoms with van der Waals surface area (Å²) < 4.78 is 10.7. The van der Waals surface area contributed by atoms with Crippen molar-refractivity contribution in [3.05, 3.63) is 159 Å². The molecule has 2 aromatic heterocycles. The number of benzene rings is 5. The number of carbonyl (C=O) groups excluding carboxylic acids is 1. The Morgan fingerprint density at radius 2 is 1.61 bits per heavy atom. The number of aromatic carboxylic acids is 1. The Morgan fingerprint density at radius 1 is 0.879 bits per heavy atom. The molecule has 0 spiro atoms. The summed E-state index contributed by atoms with van der Waals surface area (Å²) >= 11 is 2.75. The summed E-state index contributed by atoms with van der Waals surface area (Å²) in [4.78, 5) is 44.7. The highest BCUT2D eigenvalue weighted by Crippen LogP contribution is 2.34. The van der Waals surface area contributed by atoms with E-state index in [1.807, 2.05) is 92.7 Å². The molecule has 8 rings (SSSR count). The SMILES string of the molecule is Cc1cc(C(=O)NSc2ccc(NC(CCN3CCN(C)CC3)CSc3ccccc3)c([N+](=O)[O-])c2)cc(C)c1-c1cccc2c(CCCOc3cccc4ccccc34)c(C(=O)O)nn12. The molecule has 7 aromatic rings. The fraction of sp³-hybridized carbons (Fsp3) is 0.275. The molecular formula is C51H53N7O6S2. The van der Waals surface area contributed by atoms with Gasteiger partial charge in [-0.05, 0) is 123 Å². The van der Waals surface area contributed by atoms with Crippen LogP contribution in [0.5, 0.6) is 5.75 Å². The van der Waals surface area contributed by atoms with Crippen LogP contribution >= 0.6 is 23.7 Å². The van der Waals surface area contributed by atoms with Crippen LogP contribution in [0.25, 0.3) is 27.5 Å². The van der Waals surface area contributed by atoms with Gasteiger partial charge in [0.25, 0.3) is 11.6 Å². The van der Waals surface area contributed by atoms with E-state index in [1.54, 1.807) is 40.5 Å². The number of aromatic nitrogens is 2. The third kappa shape index (κ3) is 11.0. The number of ether oxygens (including phenoxy) is 1. The molecule has 0 bridgehead atoms. The van der Waals surface area contributed by atoms with Gasteiger partial charge in [0.05, 0.1) is 22.7 Å². The normalized spacial score (nSPS) is 13.7. The maximum absolute atomic E-state index is 13.6. The van der Waals surface area contributed by atoms with Gasteiger partial charge in [0.1, 0.15) is 11.4 Å². The first-order valence-electron chi connectivity index (χ1n) is 22.1. The van der Waals surface area contributed by atoms with Gasteiger partial charge in [0.15, 0.2) is 5.69 Å². The van der Waals surface area contributed by atoms with E-state index in [9.17, 15) is 24.8 Å². The number of amides is 1. The molecule has 0 saturated carbocycles. The number of carbonyl (C=O) groups is 2. The molecule has 5 aromatic carbocycles. The lowest BCUT2D eigenvalue weighted by Gasteiger charge is -2.33. The van der Waals surface area contributed by atoms with E-state index in [2.05, 4.69) is 44.1 Å². The van der Waals surface area contributed by atoms with Crippen molar-refractivity contribution < 1.29 is 24.4 Å². The molecule has 66 heavy (non-hydrogen) atoms. The van der Waals surface area contributed by atoms with E-state index in [1.165, 1.54) is 6.07 Å². The lowest BCUT2D eigenvalue weighted by Crippen LogP contribution is -2.45. The second-order valence-electron chi connectivity index (χ2n) is 16.6. The number of carboxylic acid groups (broad SMARTS) is 1. The minimum atomic E-state index is -1.11. The van der Waals surface area contributed by atoms with Crippen molar-refractivity contribution in [2.45, 2.75) is 48.9 Å². The number of anilines is 1. The van der Waals surface area contributed by atoms with Gasteiger partial charge in [-0.2, -0.15) is 5.10 Å². The summed E-state index contributed by atoms with van der Waals surface area (Å²) in [5.41, 5.74) is 5.23. The number of likely N-dealkylation sites (N-methyl/N-ethyl adjacent to an activating group) is 1. The summed E-state index contributed by atoms with van der Waals surface area (Å²) in [5.74, 6) is 0.0573. The highest BCUT2D eigenvalue weighted by Gasteiger charge is 2.24. The zero-order chi connectivity index (χ0) is 46.2. The van der Waals surface area contributed by atoms with Crippen molar-refractivity contribution in [2.75, 3.05) is 57.4 Å². The van der Waals surface area contributed by atoms with Crippen molar-refractivity contribution in [3.63, 3.8) is 0 Å². The van der Waals surface area contributed by atoms with Crippen LogP contribution in [0.4, 0.5) is 11.4 Å². The molecule has 3 heterocycles. The largest absolute Gasteiger partial charge is 0.493 e. The zero-order valence-electron chi connectivity index (χ0n) is 37.2. The second-order valence-corrected chi connectivity index (χ2v) is 18.6. The summed E-state index contributed by atoms with van der Waals surface area (Å²) in [6.07, 6.45) is 1.85. The Morgan fingerprint density at radius 3 is 2.36 bits per heavy atom. The number of nitrogens with one attached hydrogen (secondary N) is 2. The molecule has 3 N–H and O–H groups in total. The van der Waals surface area contributed by atoms with Crippen LogP contribution in [0, 0.1) is 24.0 Å². The third-order valence-corrected chi connectivity index (χ3v) is 13.9. The third-order valence-electron chi connectivity index (χ3n) is 12.0. The fourth-order valence-corrected chi connectivity index (χ4v) is 10.2. The Labute approximate surface area is 392 Å². The van der Waals surface area contributed by atoms with Gasteiger partial charge < -0.3 is 25.0 Å². The monoisotopic (exact) mass is 923 g/mol. The number of nitro benzene ring substituents is 1. The number of nitrogens with zero attached hydrogens (tertiary/aromatic N) is 5. The van der Waals surface area contributed by atoms with Crippen LogP contribution in [0.1, 0.15) is 50.4 Å². The van der Waals surface area contributed by atoms with Gasteiger partial charge in [-0.25, -0.2) is 9.31 Å². The Bertz CT molecular complexity index is 2840. The van der Waals surface area contributed by atoms with Gasteiger partial charge in [0.2, 0.25) is 0 Å². The molecule has 0 aliphatic carbocycles. The Kier molecular flexibility index (Phi) is 14.9. The lowest BCUT2D eigenvalue weighted by molar-refractivity contribution is -0.384. The second kappa shape index (κ2) is 21.3. The van der Waals surface area contributed by atoms with E-state index < -0.39 is 5.97 Å². The van der Waals surface area contributed by atoms with E-state index in [0.717, 1.165) is 95.0 Å². The number of rotatable bonds is 19. The standard InChI is InChI=1S/C51H53N7O6S2/c1-34-30-37(31-35(2)48(34)45-19-10-18-44-42(49(51(60)61)53-57(44)45)17-11-29-64-47-20-9-13-36-12-7-8-16-41(36)47)50(59)54-66-40-21-22-43(46(32-40)58(62)63)52-38(33-65-39-14-5-4-6-15-39)23-24-56-27-25-55(3)26-28-56/h4-10,12-16,18-22,30-32,38,52H,11,17,23-29,33H2,1-3H3,(H,54,59)(H,60,61). The van der Waals surface area contributed by atoms with Gasteiger partial charge in [-0.3, -0.25) is 19.6 Å². The minimum Gasteiger partial charge on any atom is -0.493 e. The molecule has 1 atom stereocenters. The number of aryl methyl sites for hydroxylation is 3. The van der Waals surface area contributed by atoms with Crippen molar-refractivity contribution in [1.29, 1.82) is 0 Å². The number of pyridine rings is 1. The predicted molar refractivity (Wildman–Crippen MR) is 264 cm³/mol. The average molecular weight is 924 g/mol. The molecule has 1 amide bonds. The molecule has 13 nitrogen and oxygen atoms in total. The first kappa shape index (κ1) is 46.2. The van der Waals surface area contributed by atoms with E-state index in [0.29, 0.717) is 52.4 Å². The molecule has 15 heteroatoms. The first-order valence-corrected chi connectivity index (χ1v) is 23.9. The quantitative estimate of drug-likeness (QED) is 0.0233. The van der Waals surface area contributed by atoms with E-state index in [4.69, 9.17) is 4.74 Å². The summed E-state index contributed by atoms with van der Waals surface area (Å²) in [6.45, 7) is 9.15. The fourth-order valence-electron chi connectivity index (χ4n) is 8.53. The molecule has 0 radical (unpaired) electrons. The van der Waals surface area contributed by atoms with Crippen molar-refractivity contribution in [3.8, 4) is 17.0 Å². The van der Waals surface area contributed by atoms with Crippen LogP contribution in [0.2, 0.25) is 0 Å². The highest BCUT2D eigenvalue weighted by molar-refractivity contribution is 7.99. The molecule has 1 fully saturated rings. The zero-order valence-corrected chi connectivity index (χ0v) is 38.9. The first-order chi connectivity index (χ1) is 32.0. The van der Waals surface area contributed by atoms with Gasteiger partial charge in [-0.1, -0.05) is 60.7 Å². The maximum atomic E-state index is 13.6. The summed E-state index contributed by atoms with van der Waals surface area (Å²) in [7, 11) is 2.14. The number of thioether (sulfide) groups is 1. The molecule has 1 saturated heterocycles. The van der Waals surface area contributed by atoms with Crippen LogP contribution < -0.4 is 14.8 Å². The molecule has 1 aliphatic heterocycles. The summed E-state index contributed by atoms with van der Waals surface area (Å²) in [5, 5.41) is 32.9. The number of fused-ring (bicyclic) bond motifs is 2. The Balaban J connectivity index is 0.941. The minimum absolute atomic E-state index is 0.0110. The molecule has 340 valence electrons. The van der Waals surface area contributed by atoms with Crippen LogP contribution in [0.3, 0.4) is 0 Å². The number of hydrogen-bond acceptors (Lipinski definition) is 11. The molecular weight excluding hydrogens is 871 g/mol. The van der Waals surface area contributed by atoms with Crippen molar-refractivity contribution in [1.82, 2.24) is 24.1 Å². The lowest BCUT2D eigenvalue weighted by atomic mass is 9.96. The number of carboxylic acids is 1. The number of piperazine rings is 1. The van der Waals surface area contributed by atoms with Crippen LogP contribution in [0.15, 0.2) is 131 Å². The number of hydrogen-bond donors (Lipinski definition) is 3. The van der Waals surface area contributed by atoms with E-state index >= 15 is 0 Å². The number of nitro groups is 1. The highest BCUT2D eigenvalue weighted by atomic mass is 32.2. The Hall–Kier alpha value is -6.39. The topological polar surface area (TPSA) is 155 Å². The van der Waals surface area contributed by atoms with Gasteiger partial charge >= 0.3 is 5.97 Å². The maximum Gasteiger partial charge on any atom is 0.356 e. The predicted octanol–water partition coefficient (Wildman–Crippen LogP) is 10.0. The van der Waals surface area contributed by atoms with Crippen molar-refractivity contribution >= 4 is 63.3 Å². The molecule has 1 unspecified atom stereocenters. The van der Waals surface area contributed by atoms with Gasteiger partial charge in [-0.15, -0.1) is 11.8 Å². The average Bonchev–Trinajstić information content (AvgIpc) is 3.71. The summed E-state index contributed by atoms with van der Waals surface area (Å²) in [6, 6.07) is 38.4.